The summed E-state index contributed by atoms with van der Waals surface area (Å²) in [5, 5.41) is 8.30. The van der Waals surface area contributed by atoms with Crippen LogP contribution in [0.1, 0.15) is 41.6 Å². The lowest BCUT2D eigenvalue weighted by molar-refractivity contribution is -0.137. The maximum Gasteiger partial charge on any atom is 0.421 e. The van der Waals surface area contributed by atoms with E-state index < -0.39 is 11.7 Å². The third-order valence-electron chi connectivity index (χ3n) is 4.84. The van der Waals surface area contributed by atoms with Crippen molar-refractivity contribution < 1.29 is 18.0 Å². The van der Waals surface area contributed by atoms with E-state index in [-0.39, 0.29) is 29.8 Å². The van der Waals surface area contributed by atoms with Crippen molar-refractivity contribution in [2.24, 2.45) is 5.73 Å². The highest BCUT2D eigenvalue weighted by atomic mass is 19.4. The maximum absolute atomic E-state index is 13.4. The second-order valence-corrected chi connectivity index (χ2v) is 6.99. The van der Waals surface area contributed by atoms with E-state index in [0.717, 1.165) is 19.0 Å². The molecule has 0 aliphatic heterocycles. The highest BCUT2D eigenvalue weighted by Crippen LogP contribution is 2.35. The Morgan fingerprint density at radius 1 is 1.14 bits per heavy atom. The fraction of sp³-hybridized carbons (Fsp3) is 0.421. The van der Waals surface area contributed by atoms with Crippen LogP contribution in [0.5, 0.6) is 0 Å². The van der Waals surface area contributed by atoms with E-state index in [1.165, 1.54) is 7.05 Å². The van der Waals surface area contributed by atoms with E-state index >= 15 is 0 Å². The lowest BCUT2D eigenvalue weighted by Crippen LogP contribution is -2.33. The van der Waals surface area contributed by atoms with E-state index in [2.05, 4.69) is 25.9 Å². The number of hydrogen-bond acceptors (Lipinski definition) is 6. The molecule has 10 heteroatoms. The highest BCUT2D eigenvalue weighted by molar-refractivity contribution is 5.94. The van der Waals surface area contributed by atoms with Gasteiger partial charge in [-0.1, -0.05) is 0 Å². The molecule has 1 aliphatic rings. The Kier molecular flexibility index (Phi) is 6.21. The van der Waals surface area contributed by atoms with E-state index in [1.807, 2.05) is 0 Å². The first-order chi connectivity index (χ1) is 13.8. The van der Waals surface area contributed by atoms with Gasteiger partial charge in [0.2, 0.25) is 5.95 Å². The minimum atomic E-state index is -4.57. The van der Waals surface area contributed by atoms with E-state index in [1.54, 1.807) is 24.3 Å². The van der Waals surface area contributed by atoms with Gasteiger partial charge in [0.05, 0.1) is 0 Å². The third-order valence-corrected chi connectivity index (χ3v) is 4.84. The van der Waals surface area contributed by atoms with Crippen molar-refractivity contribution in [3.8, 4) is 0 Å². The summed E-state index contributed by atoms with van der Waals surface area (Å²) in [5.74, 6) is -0.459. The van der Waals surface area contributed by atoms with E-state index in [0.29, 0.717) is 24.1 Å². The Hall–Kier alpha value is -2.88. The first kappa shape index (κ1) is 20.8. The number of nitrogens with two attached hydrogens (primary N) is 1. The van der Waals surface area contributed by atoms with Crippen molar-refractivity contribution >= 4 is 23.4 Å². The molecule has 1 aromatic carbocycles. The van der Waals surface area contributed by atoms with Crippen LogP contribution in [0, 0.1) is 0 Å². The number of amides is 1. The monoisotopic (exact) mass is 408 g/mol. The van der Waals surface area contributed by atoms with Gasteiger partial charge in [-0.3, -0.25) is 4.79 Å². The summed E-state index contributed by atoms with van der Waals surface area (Å²) in [7, 11) is 1.53. The van der Waals surface area contributed by atoms with E-state index in [4.69, 9.17) is 5.73 Å². The number of alkyl halides is 3. The normalized spacial score (nSPS) is 19.5. The van der Waals surface area contributed by atoms with Gasteiger partial charge in [0.15, 0.2) is 0 Å². The molecule has 0 radical (unpaired) electrons. The zero-order valence-corrected chi connectivity index (χ0v) is 15.9. The van der Waals surface area contributed by atoms with Gasteiger partial charge in [0.25, 0.3) is 5.91 Å². The van der Waals surface area contributed by atoms with Gasteiger partial charge < -0.3 is 21.7 Å². The molecule has 1 fully saturated rings. The van der Waals surface area contributed by atoms with Crippen molar-refractivity contribution in [3.05, 3.63) is 41.6 Å². The highest BCUT2D eigenvalue weighted by Gasteiger charge is 2.36. The summed E-state index contributed by atoms with van der Waals surface area (Å²) in [6, 6.07) is 6.41. The molecule has 5 N–H and O–H groups in total. The zero-order chi connectivity index (χ0) is 21.0. The molecule has 0 atom stereocenters. The van der Waals surface area contributed by atoms with Crippen molar-refractivity contribution in [1.29, 1.82) is 0 Å². The van der Waals surface area contributed by atoms with Crippen molar-refractivity contribution in [3.63, 3.8) is 0 Å². The van der Waals surface area contributed by atoms with Crippen LogP contribution in [0.25, 0.3) is 0 Å². The minimum absolute atomic E-state index is 0.0284. The fourth-order valence-electron chi connectivity index (χ4n) is 3.19. The van der Waals surface area contributed by atoms with Crippen molar-refractivity contribution in [1.82, 2.24) is 15.3 Å². The minimum Gasteiger partial charge on any atom is -0.367 e. The van der Waals surface area contributed by atoms with Crippen LogP contribution in [0.3, 0.4) is 0 Å². The molecule has 1 heterocycles. The number of nitrogens with zero attached hydrogens (tertiary/aromatic N) is 2. The van der Waals surface area contributed by atoms with Gasteiger partial charge in [0.1, 0.15) is 11.4 Å². The SMILES string of the molecule is CNC(=O)c1ccc(Nc2ncc(C(F)(F)F)c(NC3CCC(N)CC3)n2)cc1. The van der Waals surface area contributed by atoms with Crippen LogP contribution in [0.15, 0.2) is 30.5 Å². The van der Waals surface area contributed by atoms with Gasteiger partial charge in [0, 0.05) is 36.6 Å². The lowest BCUT2D eigenvalue weighted by Gasteiger charge is -2.28. The van der Waals surface area contributed by atoms with Gasteiger partial charge in [-0.25, -0.2) is 4.98 Å². The number of hydrogen-bond donors (Lipinski definition) is 4. The number of nitrogens with one attached hydrogen (secondary N) is 3. The fourth-order valence-corrected chi connectivity index (χ4v) is 3.19. The van der Waals surface area contributed by atoms with Crippen LogP contribution < -0.4 is 21.7 Å². The quantitative estimate of drug-likeness (QED) is 0.605. The van der Waals surface area contributed by atoms with Crippen molar-refractivity contribution in [2.75, 3.05) is 17.7 Å². The maximum atomic E-state index is 13.4. The Bertz CT molecular complexity index is 848. The summed E-state index contributed by atoms with van der Waals surface area (Å²) < 4.78 is 40.1. The first-order valence-corrected chi connectivity index (χ1v) is 9.32. The number of aromatic nitrogens is 2. The molecule has 1 aliphatic carbocycles. The van der Waals surface area contributed by atoms with Gasteiger partial charge in [-0.15, -0.1) is 0 Å². The molecule has 1 saturated carbocycles. The third kappa shape index (κ3) is 5.35. The molecule has 2 aromatic rings. The second-order valence-electron chi connectivity index (χ2n) is 6.99. The smallest absolute Gasteiger partial charge is 0.367 e. The van der Waals surface area contributed by atoms with Crippen LogP contribution >= 0.6 is 0 Å². The van der Waals surface area contributed by atoms with Gasteiger partial charge in [-0.05, 0) is 49.9 Å². The largest absolute Gasteiger partial charge is 0.421 e. The molecule has 1 amide bonds. The molecule has 0 bridgehead atoms. The van der Waals surface area contributed by atoms with Crippen molar-refractivity contribution in [2.45, 2.75) is 43.9 Å². The Morgan fingerprint density at radius 2 is 1.79 bits per heavy atom. The predicted octanol–water partition coefficient (Wildman–Crippen LogP) is 3.28. The number of rotatable bonds is 5. The summed E-state index contributed by atoms with van der Waals surface area (Å²) in [5.41, 5.74) is 5.97. The molecule has 29 heavy (non-hydrogen) atoms. The van der Waals surface area contributed by atoms with Crippen LogP contribution in [0.2, 0.25) is 0 Å². The molecular formula is C19H23F3N6O. The number of anilines is 3. The number of halogens is 3. The van der Waals surface area contributed by atoms with Crippen LogP contribution in [-0.4, -0.2) is 35.0 Å². The number of carbonyl (C=O) groups excluding carboxylic acids is 1. The molecular weight excluding hydrogens is 385 g/mol. The standard InChI is InChI=1S/C19H23F3N6O/c1-24-17(29)11-2-6-14(7-3-11)27-18-25-10-15(19(20,21)22)16(28-18)26-13-8-4-12(23)5-9-13/h2-3,6-7,10,12-13H,4-5,8-9,23H2,1H3,(H,24,29)(H2,25,26,27,28). The van der Waals surface area contributed by atoms with Gasteiger partial charge >= 0.3 is 6.18 Å². The van der Waals surface area contributed by atoms with Crippen LogP contribution in [-0.2, 0) is 6.18 Å². The second kappa shape index (κ2) is 8.64. The molecule has 1 aromatic heterocycles. The Labute approximate surface area is 166 Å². The average molecular weight is 408 g/mol. The molecule has 0 saturated heterocycles. The summed E-state index contributed by atoms with van der Waals surface area (Å²) in [4.78, 5) is 19.4. The molecule has 0 spiro atoms. The molecule has 7 nitrogen and oxygen atoms in total. The topological polar surface area (TPSA) is 105 Å². The van der Waals surface area contributed by atoms with Crippen LogP contribution in [0.4, 0.5) is 30.6 Å². The summed E-state index contributed by atoms with van der Waals surface area (Å²) in [6.07, 6.45) is -0.912. The number of carbonyl (C=O) groups is 1. The Morgan fingerprint density at radius 3 is 2.38 bits per heavy atom. The van der Waals surface area contributed by atoms with Gasteiger partial charge in [-0.2, -0.15) is 18.2 Å². The summed E-state index contributed by atoms with van der Waals surface area (Å²) in [6.45, 7) is 0. The summed E-state index contributed by atoms with van der Waals surface area (Å²) >= 11 is 0. The predicted molar refractivity (Wildman–Crippen MR) is 104 cm³/mol. The van der Waals surface area contributed by atoms with E-state index in [9.17, 15) is 18.0 Å². The Balaban J connectivity index is 1.80. The molecule has 156 valence electrons. The molecule has 3 rings (SSSR count). The zero-order valence-electron chi connectivity index (χ0n) is 15.9. The molecule has 0 unspecified atom stereocenters. The lowest BCUT2D eigenvalue weighted by atomic mass is 9.92. The first-order valence-electron chi connectivity index (χ1n) is 9.32. The average Bonchev–Trinajstić information content (AvgIpc) is 2.69. The number of benzene rings is 1.